The lowest BCUT2D eigenvalue weighted by Crippen LogP contribution is -2.65. The van der Waals surface area contributed by atoms with Gasteiger partial charge in [0.2, 0.25) is 12.2 Å². The molecule has 1 amide bonds. The molecule has 2 aromatic rings. The lowest BCUT2D eigenvalue weighted by molar-refractivity contribution is -0.244. The lowest BCUT2D eigenvalue weighted by Gasteiger charge is -2.42. The molecule has 0 spiro atoms. The van der Waals surface area contributed by atoms with Gasteiger partial charge in [-0.3, -0.25) is 4.79 Å². The minimum absolute atomic E-state index is 0.310. The van der Waals surface area contributed by atoms with Crippen molar-refractivity contribution in [1.82, 2.24) is 5.32 Å². The molecule has 2 heterocycles. The Morgan fingerprint density at radius 2 is 2.12 bits per heavy atom. The smallest absolute Gasteiger partial charge is 0.396 e. The van der Waals surface area contributed by atoms with E-state index >= 15 is 0 Å². The van der Waals surface area contributed by atoms with Crippen molar-refractivity contribution in [2.24, 2.45) is 0 Å². The highest BCUT2D eigenvalue weighted by Crippen LogP contribution is 2.27. The molecule has 0 radical (unpaired) electrons. The first-order valence-electron chi connectivity index (χ1n) is 7.49. The predicted molar refractivity (Wildman–Crippen MR) is 86.4 cm³/mol. The van der Waals surface area contributed by atoms with Gasteiger partial charge in [-0.25, -0.2) is 4.79 Å². The Morgan fingerprint density at radius 3 is 2.80 bits per heavy atom. The third-order valence-corrected chi connectivity index (χ3v) is 4.59. The molecule has 10 heteroatoms. The normalized spacial score (nSPS) is 29.5. The van der Waals surface area contributed by atoms with E-state index in [0.29, 0.717) is 16.0 Å². The molecule has 0 aliphatic carbocycles. The molecule has 0 saturated carbocycles. The second kappa shape index (κ2) is 7.10. The van der Waals surface area contributed by atoms with Crippen molar-refractivity contribution in [3.05, 3.63) is 27.9 Å². The molecule has 9 nitrogen and oxygen atoms in total. The number of nitrogens with one attached hydrogen (secondary N) is 1. The molecule has 1 aliphatic heterocycles. The van der Waals surface area contributed by atoms with Gasteiger partial charge < -0.3 is 34.5 Å². The summed E-state index contributed by atoms with van der Waals surface area (Å²) < 4.78 is 16.7. The van der Waals surface area contributed by atoms with Crippen LogP contribution >= 0.6 is 11.3 Å². The van der Waals surface area contributed by atoms with Gasteiger partial charge in [0.1, 0.15) is 35.7 Å². The van der Waals surface area contributed by atoms with E-state index in [2.05, 4.69) is 5.32 Å². The SMILES string of the molecule is CC(=O)NC1C(Oc2ccc3oc(=O)sc3c2)OC(CO)C(O)C1O. The fraction of sp³-hybridized carbons (Fsp3) is 0.467. The molecule has 136 valence electrons. The van der Waals surface area contributed by atoms with E-state index in [9.17, 15) is 24.9 Å². The maximum atomic E-state index is 11.4. The summed E-state index contributed by atoms with van der Waals surface area (Å²) >= 11 is 0.904. The standard InChI is InChI=1S/C15H17NO8S/c1-6(18)16-11-13(20)12(19)9(5-17)23-14(11)22-7-2-3-8-10(4-7)25-15(21)24-8/h2-4,9,11-14,17,19-20H,5H2,1H3,(H,16,18). The van der Waals surface area contributed by atoms with Gasteiger partial charge >= 0.3 is 4.94 Å². The highest BCUT2D eigenvalue weighted by atomic mass is 32.1. The van der Waals surface area contributed by atoms with Crippen LogP contribution in [-0.2, 0) is 9.53 Å². The Kier molecular flexibility index (Phi) is 5.06. The quantitative estimate of drug-likeness (QED) is 0.547. The molecule has 1 fully saturated rings. The molecule has 1 aromatic carbocycles. The van der Waals surface area contributed by atoms with Gasteiger partial charge in [0, 0.05) is 13.0 Å². The maximum Gasteiger partial charge on any atom is 0.396 e. The number of hydrogen-bond acceptors (Lipinski definition) is 9. The molecule has 1 aromatic heterocycles. The fourth-order valence-corrected chi connectivity index (χ4v) is 3.33. The third-order valence-electron chi connectivity index (χ3n) is 3.80. The van der Waals surface area contributed by atoms with E-state index in [4.69, 9.17) is 13.9 Å². The minimum atomic E-state index is -1.39. The van der Waals surface area contributed by atoms with Gasteiger partial charge in [-0.05, 0) is 12.1 Å². The zero-order chi connectivity index (χ0) is 18.1. The number of ether oxygens (including phenoxy) is 2. The molecule has 4 N–H and O–H groups in total. The number of fused-ring (bicyclic) bond motifs is 1. The number of aliphatic hydroxyl groups is 3. The number of amides is 1. The van der Waals surface area contributed by atoms with Crippen LogP contribution in [0.1, 0.15) is 6.92 Å². The summed E-state index contributed by atoms with van der Waals surface area (Å²) in [6.07, 6.45) is -5.00. The number of benzene rings is 1. The zero-order valence-electron chi connectivity index (χ0n) is 13.1. The van der Waals surface area contributed by atoms with Crippen LogP contribution in [0.15, 0.2) is 27.4 Å². The Balaban J connectivity index is 1.86. The van der Waals surface area contributed by atoms with E-state index < -0.39 is 48.1 Å². The number of carbonyl (C=O) groups is 1. The van der Waals surface area contributed by atoms with E-state index in [0.717, 1.165) is 11.3 Å². The molecule has 0 bridgehead atoms. The third kappa shape index (κ3) is 3.67. The van der Waals surface area contributed by atoms with E-state index in [1.165, 1.54) is 13.0 Å². The number of aliphatic hydroxyl groups excluding tert-OH is 3. The summed E-state index contributed by atoms with van der Waals surface area (Å²) in [5.41, 5.74) is 0.411. The average Bonchev–Trinajstić information content (AvgIpc) is 2.93. The summed E-state index contributed by atoms with van der Waals surface area (Å²) in [5.74, 6) is -0.135. The van der Waals surface area contributed by atoms with Crippen LogP contribution in [-0.4, -0.2) is 58.5 Å². The zero-order valence-corrected chi connectivity index (χ0v) is 13.9. The van der Waals surface area contributed by atoms with Crippen LogP contribution in [0.3, 0.4) is 0 Å². The first-order chi connectivity index (χ1) is 11.9. The summed E-state index contributed by atoms with van der Waals surface area (Å²) in [7, 11) is 0. The Bertz CT molecular complexity index is 817. The van der Waals surface area contributed by atoms with Crippen molar-refractivity contribution < 1.29 is 34.0 Å². The summed E-state index contributed by atoms with van der Waals surface area (Å²) in [6, 6.07) is 3.60. The molecular formula is C15H17NO8S. The fourth-order valence-electron chi connectivity index (χ4n) is 2.63. The Labute approximate surface area is 145 Å². The molecule has 1 aliphatic rings. The monoisotopic (exact) mass is 371 g/mol. The molecule has 1 saturated heterocycles. The molecule has 5 atom stereocenters. The minimum Gasteiger partial charge on any atom is -0.463 e. The van der Waals surface area contributed by atoms with Gasteiger partial charge in [-0.15, -0.1) is 0 Å². The topological polar surface area (TPSA) is 138 Å². The van der Waals surface area contributed by atoms with Crippen molar-refractivity contribution in [2.75, 3.05) is 6.61 Å². The van der Waals surface area contributed by atoms with Crippen molar-refractivity contribution in [3.8, 4) is 5.75 Å². The van der Waals surface area contributed by atoms with Gasteiger partial charge in [0.15, 0.2) is 0 Å². The van der Waals surface area contributed by atoms with Crippen molar-refractivity contribution in [1.29, 1.82) is 0 Å². The van der Waals surface area contributed by atoms with Crippen LogP contribution in [0.2, 0.25) is 0 Å². The van der Waals surface area contributed by atoms with Crippen LogP contribution < -0.4 is 15.0 Å². The van der Waals surface area contributed by atoms with E-state index in [1.54, 1.807) is 12.1 Å². The number of carbonyl (C=O) groups excluding carboxylic acids is 1. The van der Waals surface area contributed by atoms with Crippen LogP contribution in [0.4, 0.5) is 0 Å². The summed E-state index contributed by atoms with van der Waals surface area (Å²) in [5, 5.41) is 31.9. The van der Waals surface area contributed by atoms with Crippen molar-refractivity contribution in [2.45, 2.75) is 37.6 Å². The second-order valence-corrected chi connectivity index (χ2v) is 6.59. The average molecular weight is 371 g/mol. The first-order valence-corrected chi connectivity index (χ1v) is 8.30. The van der Waals surface area contributed by atoms with Crippen LogP contribution in [0, 0.1) is 0 Å². The van der Waals surface area contributed by atoms with E-state index in [-0.39, 0.29) is 0 Å². The Hall–Kier alpha value is -1.98. The highest BCUT2D eigenvalue weighted by molar-refractivity contribution is 7.16. The molecule has 3 rings (SSSR count). The first kappa shape index (κ1) is 17.8. The van der Waals surface area contributed by atoms with Gasteiger partial charge in [-0.2, -0.15) is 0 Å². The lowest BCUT2D eigenvalue weighted by atomic mass is 9.97. The molecular weight excluding hydrogens is 354 g/mol. The van der Waals surface area contributed by atoms with Gasteiger partial charge in [0.05, 0.1) is 11.3 Å². The number of hydrogen-bond donors (Lipinski definition) is 4. The summed E-state index contributed by atoms with van der Waals surface area (Å²) in [6.45, 7) is 0.719. The van der Waals surface area contributed by atoms with E-state index in [1.807, 2.05) is 0 Å². The van der Waals surface area contributed by atoms with Crippen molar-refractivity contribution >= 4 is 27.5 Å². The van der Waals surface area contributed by atoms with Crippen LogP contribution in [0.5, 0.6) is 5.75 Å². The molecule has 25 heavy (non-hydrogen) atoms. The maximum absolute atomic E-state index is 11.4. The number of rotatable bonds is 4. The summed E-state index contributed by atoms with van der Waals surface area (Å²) in [4.78, 5) is 22.2. The highest BCUT2D eigenvalue weighted by Gasteiger charge is 2.46. The Morgan fingerprint density at radius 1 is 1.36 bits per heavy atom. The second-order valence-electron chi connectivity index (χ2n) is 5.61. The van der Waals surface area contributed by atoms with Crippen LogP contribution in [0.25, 0.3) is 10.3 Å². The molecule has 5 unspecified atom stereocenters. The van der Waals surface area contributed by atoms with Crippen molar-refractivity contribution in [3.63, 3.8) is 0 Å². The van der Waals surface area contributed by atoms with Gasteiger partial charge in [0.25, 0.3) is 0 Å². The largest absolute Gasteiger partial charge is 0.463 e. The van der Waals surface area contributed by atoms with Gasteiger partial charge in [-0.1, -0.05) is 11.3 Å². The predicted octanol–water partition coefficient (Wildman–Crippen LogP) is -0.823.